The molecule has 0 spiro atoms. The quantitative estimate of drug-likeness (QED) is 0.0499. The Balaban J connectivity index is 1.09. The third-order valence-electron chi connectivity index (χ3n) is 11.8. The minimum atomic E-state index is -0.788. The number of rotatable bonds is 30. The fourth-order valence-corrected chi connectivity index (χ4v) is 8.31. The van der Waals surface area contributed by atoms with E-state index in [1.165, 1.54) is 76.7 Å². The van der Waals surface area contributed by atoms with E-state index >= 15 is 4.39 Å². The van der Waals surface area contributed by atoms with E-state index in [2.05, 4.69) is 23.3 Å². The van der Waals surface area contributed by atoms with E-state index in [4.69, 9.17) is 14.6 Å². The summed E-state index contributed by atoms with van der Waals surface area (Å²) in [6, 6.07) is 18.5. The number of carbonyl (C=O) groups is 2. The maximum Gasteiger partial charge on any atom is 0.303 e. The van der Waals surface area contributed by atoms with Gasteiger partial charge in [-0.1, -0.05) is 126 Å². The third-order valence-corrected chi connectivity index (χ3v) is 11.8. The van der Waals surface area contributed by atoms with Crippen molar-refractivity contribution < 1.29 is 33.7 Å². The van der Waals surface area contributed by atoms with Crippen molar-refractivity contribution in [3.63, 3.8) is 0 Å². The molecule has 2 N–H and O–H groups in total. The van der Waals surface area contributed by atoms with E-state index in [9.17, 15) is 14.7 Å². The van der Waals surface area contributed by atoms with Crippen LogP contribution < -0.4 is 9.47 Å². The van der Waals surface area contributed by atoms with Crippen molar-refractivity contribution in [2.45, 2.75) is 160 Å². The molecule has 0 amide bonds. The number of hydrogen-bond acceptors (Lipinski definition) is 6. The van der Waals surface area contributed by atoms with Gasteiger partial charge in [0, 0.05) is 36.2 Å². The first-order valence-corrected chi connectivity index (χ1v) is 22.2. The van der Waals surface area contributed by atoms with Crippen LogP contribution in [0.5, 0.6) is 11.5 Å². The molecule has 3 aromatic carbocycles. The van der Waals surface area contributed by atoms with Crippen molar-refractivity contribution in [2.24, 2.45) is 5.92 Å². The zero-order chi connectivity index (χ0) is 41.8. The van der Waals surface area contributed by atoms with Gasteiger partial charge in [-0.2, -0.15) is 0 Å². The summed E-state index contributed by atoms with van der Waals surface area (Å²) in [5.74, 6) is -0.163. The van der Waals surface area contributed by atoms with Gasteiger partial charge in [-0.05, 0) is 91.0 Å². The van der Waals surface area contributed by atoms with Gasteiger partial charge in [-0.25, -0.2) is 4.39 Å². The van der Waals surface area contributed by atoms with Crippen LogP contribution in [-0.4, -0.2) is 44.3 Å². The highest BCUT2D eigenvalue weighted by Crippen LogP contribution is 2.45. The minimum Gasteiger partial charge on any atom is -0.496 e. The van der Waals surface area contributed by atoms with Crippen LogP contribution in [0.25, 0.3) is 11.1 Å². The lowest BCUT2D eigenvalue weighted by Crippen LogP contribution is -2.10. The first-order chi connectivity index (χ1) is 28.7. The minimum absolute atomic E-state index is 0.0237. The fourth-order valence-electron chi connectivity index (χ4n) is 8.31. The number of aliphatic carboxylic acids is 2. The van der Waals surface area contributed by atoms with Crippen molar-refractivity contribution in [1.82, 2.24) is 15.0 Å². The van der Waals surface area contributed by atoms with Crippen molar-refractivity contribution in [1.29, 1.82) is 0 Å². The molecule has 9 nitrogen and oxygen atoms in total. The molecule has 0 bridgehead atoms. The summed E-state index contributed by atoms with van der Waals surface area (Å²) >= 11 is 0. The van der Waals surface area contributed by atoms with Crippen molar-refractivity contribution >= 4 is 11.9 Å². The van der Waals surface area contributed by atoms with Crippen LogP contribution in [0, 0.1) is 11.7 Å². The molecule has 2 unspecified atom stereocenters. The molecule has 1 saturated carbocycles. The summed E-state index contributed by atoms with van der Waals surface area (Å²) in [6.45, 7) is 2.92. The standard InChI is InChI=1S/C49H66FN3O6/c1-36(33-53-34-40(51-52-53)22-16-14-12-10-8-6-4-3-5-7-9-11-13-15-17-26-48(54)55)43-30-39(47(58-2)31-45(43)42-24-18-19-25-46(42)50)35-59-41-23-20-21-38(29-41)44(32-49(56)57)37-27-28-37/h18-21,23-25,29-31,34,36-37,44H,3-17,22,26-28,32-33,35H2,1-2H3,(H,54,55)(H,56,57). The van der Waals surface area contributed by atoms with Crippen LogP contribution in [0.1, 0.15) is 163 Å². The maximum absolute atomic E-state index is 15.3. The summed E-state index contributed by atoms with van der Waals surface area (Å²) in [6.07, 6.45) is 23.6. The second kappa shape index (κ2) is 24.4. The van der Waals surface area contributed by atoms with Gasteiger partial charge >= 0.3 is 11.9 Å². The zero-order valence-corrected chi connectivity index (χ0v) is 35.4. The molecule has 10 heteroatoms. The number of ether oxygens (including phenoxy) is 2. The molecule has 59 heavy (non-hydrogen) atoms. The maximum atomic E-state index is 15.3. The molecule has 2 atom stereocenters. The van der Waals surface area contributed by atoms with Gasteiger partial charge in [-0.15, -0.1) is 5.10 Å². The summed E-state index contributed by atoms with van der Waals surface area (Å²) in [4.78, 5) is 22.2. The molecule has 0 aliphatic heterocycles. The number of methoxy groups -OCH3 is 1. The Morgan fingerprint density at radius 3 is 2.05 bits per heavy atom. The van der Waals surface area contributed by atoms with E-state index < -0.39 is 11.9 Å². The predicted octanol–water partition coefficient (Wildman–Crippen LogP) is 12.3. The lowest BCUT2D eigenvalue weighted by molar-refractivity contribution is -0.138. The first kappa shape index (κ1) is 45.4. The Bertz CT molecular complexity index is 1890. The number of hydrogen-bond donors (Lipinski definition) is 2. The van der Waals surface area contributed by atoms with Crippen LogP contribution in [0.4, 0.5) is 4.39 Å². The molecule has 1 heterocycles. The average Bonchev–Trinajstić information content (AvgIpc) is 3.98. The fraction of sp³-hybridized carbons (Fsp3) is 0.551. The number of nitrogens with zero attached hydrogens (tertiary/aromatic N) is 3. The Labute approximate surface area is 350 Å². The molecule has 4 aromatic rings. The number of unbranched alkanes of at least 4 members (excludes halogenated alkanes) is 14. The zero-order valence-electron chi connectivity index (χ0n) is 35.4. The predicted molar refractivity (Wildman–Crippen MR) is 231 cm³/mol. The first-order valence-electron chi connectivity index (χ1n) is 22.2. The van der Waals surface area contributed by atoms with E-state index in [0.717, 1.165) is 72.9 Å². The number of halogens is 1. The van der Waals surface area contributed by atoms with E-state index in [-0.39, 0.29) is 30.7 Å². The topological polar surface area (TPSA) is 124 Å². The largest absolute Gasteiger partial charge is 0.496 e. The van der Waals surface area contributed by atoms with Gasteiger partial charge < -0.3 is 19.7 Å². The van der Waals surface area contributed by atoms with Gasteiger partial charge in [0.1, 0.15) is 23.9 Å². The lowest BCUT2D eigenvalue weighted by Gasteiger charge is -2.21. The third kappa shape index (κ3) is 15.4. The second-order valence-corrected chi connectivity index (χ2v) is 16.7. The SMILES string of the molecule is COc1cc(-c2ccccc2F)c(C(C)Cn2cc(CCCCCCCCCCCCCCCCCC(=O)O)nn2)cc1COc1cccc(C(CC(=O)O)C2CC2)c1. The van der Waals surface area contributed by atoms with E-state index in [1.54, 1.807) is 19.2 Å². The highest BCUT2D eigenvalue weighted by molar-refractivity contribution is 5.71. The molecule has 1 aromatic heterocycles. The number of carboxylic acids is 2. The second-order valence-electron chi connectivity index (χ2n) is 16.7. The normalized spacial score (nSPS) is 13.6. The molecular weight excluding hydrogens is 746 g/mol. The Morgan fingerprint density at radius 2 is 1.44 bits per heavy atom. The Kier molecular flexibility index (Phi) is 18.7. The number of benzene rings is 3. The number of aryl methyl sites for hydroxylation is 1. The number of carboxylic acid groups (broad SMARTS) is 2. The van der Waals surface area contributed by atoms with Gasteiger partial charge in [0.2, 0.25) is 0 Å². The molecule has 0 radical (unpaired) electrons. The highest BCUT2D eigenvalue weighted by atomic mass is 19.1. The smallest absolute Gasteiger partial charge is 0.303 e. The van der Waals surface area contributed by atoms with Gasteiger partial charge in [0.05, 0.1) is 19.2 Å². The molecule has 5 rings (SSSR count). The molecule has 320 valence electrons. The molecule has 1 aliphatic carbocycles. The Morgan fingerprint density at radius 1 is 0.797 bits per heavy atom. The van der Waals surface area contributed by atoms with Gasteiger partial charge in [0.25, 0.3) is 0 Å². The van der Waals surface area contributed by atoms with Crippen LogP contribution in [0.15, 0.2) is 66.9 Å². The van der Waals surface area contributed by atoms with Crippen molar-refractivity contribution in [3.05, 3.63) is 95.1 Å². The summed E-state index contributed by atoms with van der Waals surface area (Å²) in [7, 11) is 1.61. The molecule has 1 fully saturated rings. The Hall–Kier alpha value is -4.73. The van der Waals surface area contributed by atoms with E-state index in [0.29, 0.717) is 35.9 Å². The number of aromatic nitrogens is 3. The van der Waals surface area contributed by atoms with Crippen LogP contribution in [-0.2, 0) is 29.2 Å². The van der Waals surface area contributed by atoms with Crippen molar-refractivity contribution in [2.75, 3.05) is 7.11 Å². The summed E-state index contributed by atoms with van der Waals surface area (Å²) in [5, 5.41) is 27.2. The average molecular weight is 812 g/mol. The molecule has 0 saturated heterocycles. The summed E-state index contributed by atoms with van der Waals surface area (Å²) < 4.78 is 29.4. The van der Waals surface area contributed by atoms with Gasteiger partial charge in [-0.3, -0.25) is 14.3 Å². The van der Waals surface area contributed by atoms with Gasteiger partial charge in [0.15, 0.2) is 0 Å². The highest BCUT2D eigenvalue weighted by Gasteiger charge is 2.34. The lowest BCUT2D eigenvalue weighted by atomic mass is 9.89. The monoisotopic (exact) mass is 811 g/mol. The van der Waals surface area contributed by atoms with Crippen LogP contribution in [0.2, 0.25) is 0 Å². The molecular formula is C49H66FN3O6. The summed E-state index contributed by atoms with van der Waals surface area (Å²) in [5.41, 5.74) is 5.03. The van der Waals surface area contributed by atoms with Crippen molar-refractivity contribution in [3.8, 4) is 22.6 Å². The molecule has 1 aliphatic rings. The van der Waals surface area contributed by atoms with Crippen LogP contribution in [0.3, 0.4) is 0 Å². The van der Waals surface area contributed by atoms with Crippen LogP contribution >= 0.6 is 0 Å². The van der Waals surface area contributed by atoms with E-state index in [1.807, 2.05) is 47.3 Å².